The van der Waals surface area contributed by atoms with E-state index in [1.54, 1.807) is 11.3 Å². The van der Waals surface area contributed by atoms with Crippen LogP contribution in [0.2, 0.25) is 0 Å². The van der Waals surface area contributed by atoms with Crippen molar-refractivity contribution in [2.24, 2.45) is 17.2 Å². The van der Waals surface area contributed by atoms with Gasteiger partial charge >= 0.3 is 0 Å². The topological polar surface area (TPSA) is 94.2 Å². The third-order valence-corrected chi connectivity index (χ3v) is 4.11. The lowest BCUT2D eigenvalue weighted by atomic mass is 9.99. The molecule has 1 aliphatic rings. The minimum absolute atomic E-state index is 0.0780. The van der Waals surface area contributed by atoms with Gasteiger partial charge in [0.15, 0.2) is 0 Å². The quantitative estimate of drug-likeness (QED) is 0.699. The van der Waals surface area contributed by atoms with Gasteiger partial charge in [0, 0.05) is 17.8 Å². The Labute approximate surface area is 110 Å². The van der Waals surface area contributed by atoms with Crippen LogP contribution in [0.1, 0.15) is 12.8 Å². The van der Waals surface area contributed by atoms with Gasteiger partial charge in [0.1, 0.15) is 0 Å². The zero-order chi connectivity index (χ0) is 12.7. The molecule has 0 amide bonds. The second kappa shape index (κ2) is 4.47. The van der Waals surface area contributed by atoms with Gasteiger partial charge in [0.05, 0.1) is 28.1 Å². The Hall–Kier alpha value is -1.21. The molecule has 0 saturated carbocycles. The Morgan fingerprint density at radius 3 is 2.67 bits per heavy atom. The number of piperidine rings is 1. The van der Waals surface area contributed by atoms with E-state index in [0.717, 1.165) is 28.7 Å². The van der Waals surface area contributed by atoms with E-state index >= 15 is 0 Å². The predicted octanol–water partition coefficient (Wildman–Crippen LogP) is 0.594. The van der Waals surface area contributed by atoms with Crippen molar-refractivity contribution < 1.29 is 0 Å². The highest BCUT2D eigenvalue weighted by atomic mass is 32.1. The molecule has 6 N–H and O–H groups in total. The first-order valence-corrected chi connectivity index (χ1v) is 6.83. The molecule has 1 saturated heterocycles. The van der Waals surface area contributed by atoms with Crippen LogP contribution in [-0.4, -0.2) is 23.4 Å². The summed E-state index contributed by atoms with van der Waals surface area (Å²) in [5.41, 5.74) is 21.8. The van der Waals surface area contributed by atoms with E-state index in [1.807, 2.05) is 22.5 Å². The summed E-state index contributed by atoms with van der Waals surface area (Å²) < 4.78 is 1.12. The maximum Gasteiger partial charge on any atom is 0.0912 e. The van der Waals surface area contributed by atoms with Gasteiger partial charge < -0.3 is 22.1 Å². The van der Waals surface area contributed by atoms with E-state index < -0.39 is 0 Å². The third-order valence-electron chi connectivity index (χ3n) is 3.32. The molecule has 1 aromatic heterocycles. The van der Waals surface area contributed by atoms with Crippen molar-refractivity contribution in [1.29, 1.82) is 0 Å². The molecule has 2 atom stereocenters. The van der Waals surface area contributed by atoms with Gasteiger partial charge in [-0.3, -0.25) is 0 Å². The Morgan fingerprint density at radius 2 is 1.94 bits per heavy atom. The Kier molecular flexibility index (Phi) is 2.95. The molecular formula is C12H16N5S. The standard InChI is InChI=1S/C12H16N5S/c13-7-3-11(14)17(12(15)4-7)8-1-2-10-9(5-8)16-6-18-10/h1-2,6-7,11-12H,3-4,13-15H2. The lowest BCUT2D eigenvalue weighted by Crippen LogP contribution is -2.60. The van der Waals surface area contributed by atoms with Crippen molar-refractivity contribution in [2.45, 2.75) is 31.2 Å². The first-order chi connectivity index (χ1) is 8.65. The number of hydrogen-bond donors (Lipinski definition) is 3. The third kappa shape index (κ3) is 1.97. The number of nitrogens with zero attached hydrogens (tertiary/aromatic N) is 2. The summed E-state index contributed by atoms with van der Waals surface area (Å²) in [5.74, 6) is 0. The van der Waals surface area contributed by atoms with Crippen LogP contribution in [0.4, 0.5) is 5.69 Å². The van der Waals surface area contributed by atoms with Crippen molar-refractivity contribution in [3.8, 4) is 0 Å². The smallest absolute Gasteiger partial charge is 0.0912 e. The molecule has 1 aliphatic heterocycles. The molecule has 0 aliphatic carbocycles. The molecule has 2 unspecified atom stereocenters. The highest BCUT2D eigenvalue weighted by Crippen LogP contribution is 2.28. The Bertz CT molecular complexity index is 542. The number of nitrogens with two attached hydrogens (primary N) is 3. The monoisotopic (exact) mass is 262 g/mol. The number of aromatic nitrogens is 1. The summed E-state index contributed by atoms with van der Waals surface area (Å²) in [4.78, 5) is 6.26. The average Bonchev–Trinajstić information content (AvgIpc) is 2.74. The fourth-order valence-corrected chi connectivity index (χ4v) is 3.12. The zero-order valence-corrected chi connectivity index (χ0v) is 10.7. The minimum Gasteiger partial charge on any atom is -0.340 e. The molecule has 18 heavy (non-hydrogen) atoms. The van der Waals surface area contributed by atoms with Crippen molar-refractivity contribution in [3.63, 3.8) is 0 Å². The van der Waals surface area contributed by atoms with Crippen LogP contribution >= 0.6 is 11.3 Å². The molecule has 1 fully saturated rings. The van der Waals surface area contributed by atoms with Crippen LogP contribution in [0.3, 0.4) is 0 Å². The number of fused-ring (bicyclic) bond motifs is 1. The predicted molar refractivity (Wildman–Crippen MR) is 74.1 cm³/mol. The van der Waals surface area contributed by atoms with Crippen LogP contribution in [0, 0.1) is 6.07 Å². The normalized spacial score (nSPS) is 28.8. The van der Waals surface area contributed by atoms with E-state index in [1.165, 1.54) is 0 Å². The molecule has 6 heteroatoms. The molecule has 2 aromatic rings. The Morgan fingerprint density at radius 1 is 1.22 bits per heavy atom. The molecule has 0 bridgehead atoms. The van der Waals surface area contributed by atoms with Crippen molar-refractivity contribution in [3.05, 3.63) is 23.7 Å². The fourth-order valence-electron chi connectivity index (χ4n) is 2.48. The van der Waals surface area contributed by atoms with E-state index in [0.29, 0.717) is 0 Å². The highest BCUT2D eigenvalue weighted by Gasteiger charge is 2.30. The van der Waals surface area contributed by atoms with E-state index in [4.69, 9.17) is 17.2 Å². The SMILES string of the molecule is NC1CC(N)N(c2[c]c3ncsc3cc2)C(N)C1. The molecule has 3 rings (SSSR count). The number of benzene rings is 1. The minimum atomic E-state index is -0.156. The molecule has 0 spiro atoms. The van der Waals surface area contributed by atoms with Gasteiger partial charge in [-0.2, -0.15) is 0 Å². The van der Waals surface area contributed by atoms with Gasteiger partial charge in [-0.25, -0.2) is 4.98 Å². The second-order valence-electron chi connectivity index (χ2n) is 4.68. The van der Waals surface area contributed by atoms with E-state index in [-0.39, 0.29) is 18.4 Å². The number of rotatable bonds is 1. The first-order valence-electron chi connectivity index (χ1n) is 5.96. The average molecular weight is 262 g/mol. The number of hydrogen-bond acceptors (Lipinski definition) is 6. The molecule has 1 aromatic carbocycles. The van der Waals surface area contributed by atoms with E-state index in [2.05, 4.69) is 11.1 Å². The molecule has 2 heterocycles. The second-order valence-corrected chi connectivity index (χ2v) is 5.57. The lowest BCUT2D eigenvalue weighted by molar-refractivity contribution is 0.352. The lowest BCUT2D eigenvalue weighted by Gasteiger charge is -2.42. The molecule has 95 valence electrons. The molecule has 1 radical (unpaired) electrons. The van der Waals surface area contributed by atoms with Gasteiger partial charge in [-0.05, 0) is 25.0 Å². The Balaban J connectivity index is 1.97. The van der Waals surface area contributed by atoms with Gasteiger partial charge in [0.2, 0.25) is 0 Å². The maximum atomic E-state index is 6.14. The van der Waals surface area contributed by atoms with Gasteiger partial charge in [0.25, 0.3) is 0 Å². The summed E-state index contributed by atoms with van der Waals surface area (Å²) in [6.07, 6.45) is 1.18. The highest BCUT2D eigenvalue weighted by molar-refractivity contribution is 7.16. The maximum absolute atomic E-state index is 6.14. The largest absolute Gasteiger partial charge is 0.340 e. The molecular weight excluding hydrogens is 246 g/mol. The van der Waals surface area contributed by atoms with Crippen LogP contribution in [-0.2, 0) is 0 Å². The van der Waals surface area contributed by atoms with Crippen LogP contribution in [0.15, 0.2) is 17.6 Å². The summed E-state index contributed by atoms with van der Waals surface area (Å²) in [6.45, 7) is 0. The van der Waals surface area contributed by atoms with Crippen molar-refractivity contribution >= 4 is 27.2 Å². The van der Waals surface area contributed by atoms with Gasteiger partial charge in [-0.1, -0.05) is 0 Å². The van der Waals surface area contributed by atoms with Crippen LogP contribution < -0.4 is 22.1 Å². The van der Waals surface area contributed by atoms with Crippen LogP contribution in [0.5, 0.6) is 0 Å². The van der Waals surface area contributed by atoms with Crippen molar-refractivity contribution in [2.75, 3.05) is 4.90 Å². The summed E-state index contributed by atoms with van der Waals surface area (Å²) in [6, 6.07) is 7.39. The zero-order valence-electron chi connectivity index (χ0n) is 9.91. The van der Waals surface area contributed by atoms with E-state index in [9.17, 15) is 0 Å². The summed E-state index contributed by atoms with van der Waals surface area (Å²) >= 11 is 1.60. The number of thiazole rings is 1. The number of anilines is 1. The fraction of sp³-hybridized carbons (Fsp3) is 0.417. The van der Waals surface area contributed by atoms with Crippen LogP contribution in [0.25, 0.3) is 10.2 Å². The first kappa shape index (κ1) is 11.9. The molecule has 5 nitrogen and oxygen atoms in total. The summed E-state index contributed by atoms with van der Waals surface area (Å²) in [5, 5.41) is 0. The summed E-state index contributed by atoms with van der Waals surface area (Å²) in [7, 11) is 0. The van der Waals surface area contributed by atoms with Gasteiger partial charge in [-0.15, -0.1) is 11.3 Å². The van der Waals surface area contributed by atoms with Crippen molar-refractivity contribution in [1.82, 2.24) is 4.98 Å².